The Kier molecular flexibility index (Phi) is 5.45. The summed E-state index contributed by atoms with van der Waals surface area (Å²) in [6, 6.07) is 0. The first-order valence-corrected chi connectivity index (χ1v) is 12.6. The van der Waals surface area contributed by atoms with Gasteiger partial charge >= 0.3 is 0 Å². The van der Waals surface area contributed by atoms with Crippen LogP contribution in [0, 0.1) is 29.1 Å². The molecule has 3 saturated carbocycles. The van der Waals surface area contributed by atoms with Gasteiger partial charge in [-0.05, 0) is 107 Å². The van der Waals surface area contributed by atoms with Crippen LogP contribution in [0.2, 0.25) is 0 Å². The molecular weight excluding hydrogens is 381 g/mol. The highest BCUT2D eigenvalue weighted by Crippen LogP contribution is 2.63. The van der Waals surface area contributed by atoms with E-state index < -0.39 is 12.3 Å². The molecule has 1 amide bonds. The Morgan fingerprint density at radius 1 is 1.07 bits per heavy atom. The number of alkyl halides is 1. The second-order valence-corrected chi connectivity index (χ2v) is 11.6. The maximum atomic E-state index is 14.6. The van der Waals surface area contributed by atoms with Gasteiger partial charge in [-0.15, -0.1) is 0 Å². The minimum Gasteiger partial charge on any atom is -0.390 e. The zero-order chi connectivity index (χ0) is 21.1. The minimum absolute atomic E-state index is 0.00165. The highest BCUT2D eigenvalue weighted by molar-refractivity contribution is 5.82. The van der Waals surface area contributed by atoms with Gasteiger partial charge in [-0.2, -0.15) is 0 Å². The molecule has 4 nitrogen and oxygen atoms in total. The quantitative estimate of drug-likeness (QED) is 0.679. The number of aliphatic hydroxyl groups is 1. The summed E-state index contributed by atoms with van der Waals surface area (Å²) in [5.74, 6) is 2.29. The summed E-state index contributed by atoms with van der Waals surface area (Å²) in [7, 11) is 0. The number of halogens is 1. The molecule has 0 aromatic carbocycles. The van der Waals surface area contributed by atoms with E-state index >= 15 is 0 Å². The summed E-state index contributed by atoms with van der Waals surface area (Å²) in [6.07, 6.45) is 8.73. The molecule has 0 spiro atoms. The number of aliphatic hydroxyl groups excluding tert-OH is 1. The van der Waals surface area contributed by atoms with Crippen molar-refractivity contribution in [1.82, 2.24) is 4.90 Å². The smallest absolute Gasteiger partial charge is 0.252 e. The Labute approximate surface area is 180 Å². The van der Waals surface area contributed by atoms with Gasteiger partial charge in [-0.1, -0.05) is 6.92 Å². The fourth-order valence-corrected chi connectivity index (χ4v) is 8.59. The van der Waals surface area contributed by atoms with Gasteiger partial charge in [0.2, 0.25) is 0 Å². The number of carbonyl (C=O) groups is 1. The largest absolute Gasteiger partial charge is 0.390 e. The second kappa shape index (κ2) is 7.72. The topological polar surface area (TPSA) is 49.8 Å². The van der Waals surface area contributed by atoms with Gasteiger partial charge in [0.15, 0.2) is 0 Å². The van der Waals surface area contributed by atoms with E-state index in [9.17, 15) is 14.3 Å². The molecule has 0 radical (unpaired) electrons. The molecule has 30 heavy (non-hydrogen) atoms. The van der Waals surface area contributed by atoms with Crippen molar-refractivity contribution in [3.8, 4) is 0 Å². The highest BCUT2D eigenvalue weighted by Gasteiger charge is 2.60. The Hall–Kier alpha value is -0.680. The second-order valence-electron chi connectivity index (χ2n) is 11.6. The minimum atomic E-state index is -1.08. The fourth-order valence-electron chi connectivity index (χ4n) is 8.59. The molecular formula is C25H40FNO3. The van der Waals surface area contributed by atoms with Gasteiger partial charge in [-0.3, -0.25) is 4.79 Å². The summed E-state index contributed by atoms with van der Waals surface area (Å²) in [4.78, 5) is 15.7. The number of ether oxygens (including phenoxy) is 1. The third kappa shape index (κ3) is 3.17. The van der Waals surface area contributed by atoms with Crippen molar-refractivity contribution in [3.63, 3.8) is 0 Å². The molecule has 2 heterocycles. The van der Waals surface area contributed by atoms with Gasteiger partial charge in [0, 0.05) is 18.7 Å². The number of rotatable bonds is 1. The van der Waals surface area contributed by atoms with Crippen molar-refractivity contribution in [1.29, 1.82) is 0 Å². The van der Waals surface area contributed by atoms with Crippen molar-refractivity contribution < 1.29 is 19.0 Å². The summed E-state index contributed by atoms with van der Waals surface area (Å²) in [6.45, 7) is 6.23. The molecule has 3 aliphatic carbocycles. The first-order chi connectivity index (χ1) is 14.3. The van der Waals surface area contributed by atoms with Crippen LogP contribution in [-0.2, 0) is 9.53 Å². The first-order valence-electron chi connectivity index (χ1n) is 12.6. The molecule has 0 aromatic heterocycles. The van der Waals surface area contributed by atoms with Crippen LogP contribution in [0.15, 0.2) is 0 Å². The lowest BCUT2D eigenvalue weighted by Gasteiger charge is -2.64. The van der Waals surface area contributed by atoms with Crippen LogP contribution in [0.3, 0.4) is 0 Å². The van der Waals surface area contributed by atoms with Crippen molar-refractivity contribution in [2.75, 3.05) is 13.2 Å². The monoisotopic (exact) mass is 421 g/mol. The molecule has 170 valence electrons. The Morgan fingerprint density at radius 2 is 1.90 bits per heavy atom. The number of likely N-dealkylation sites (tertiary alicyclic amines) is 1. The predicted octanol–water partition coefficient (Wildman–Crippen LogP) is 4.49. The Bertz CT molecular complexity index is 667. The predicted molar refractivity (Wildman–Crippen MR) is 114 cm³/mol. The maximum absolute atomic E-state index is 14.6. The molecule has 9 atom stereocenters. The maximum Gasteiger partial charge on any atom is 0.252 e. The lowest BCUT2D eigenvalue weighted by molar-refractivity contribution is -0.180. The van der Waals surface area contributed by atoms with Crippen LogP contribution in [-0.4, -0.2) is 53.0 Å². The van der Waals surface area contributed by atoms with Crippen LogP contribution < -0.4 is 0 Å². The third-order valence-electron chi connectivity index (χ3n) is 10.2. The van der Waals surface area contributed by atoms with Gasteiger partial charge in [0.1, 0.15) is 12.3 Å². The normalized spacial score (nSPS) is 51.5. The van der Waals surface area contributed by atoms with E-state index in [-0.39, 0.29) is 23.0 Å². The van der Waals surface area contributed by atoms with Crippen LogP contribution in [0.5, 0.6) is 0 Å². The van der Waals surface area contributed by atoms with Crippen LogP contribution in [0.4, 0.5) is 4.39 Å². The van der Waals surface area contributed by atoms with Crippen molar-refractivity contribution in [2.24, 2.45) is 29.1 Å². The number of carbonyl (C=O) groups excluding carboxylic acids is 1. The average Bonchev–Trinajstić information content (AvgIpc) is 2.74. The van der Waals surface area contributed by atoms with Crippen molar-refractivity contribution in [2.45, 2.75) is 108 Å². The SMILES string of the molecule is CC12C[C@H](F)C(O)CC1CCC1C2CCC2(C)[C@H]1CCCN2C(=O)[C@H]1CCCCO1. The molecule has 5 fully saturated rings. The van der Waals surface area contributed by atoms with E-state index in [1.807, 2.05) is 0 Å². The van der Waals surface area contributed by atoms with E-state index in [0.717, 1.165) is 51.5 Å². The van der Waals surface area contributed by atoms with Crippen molar-refractivity contribution >= 4 is 5.91 Å². The van der Waals surface area contributed by atoms with Crippen LogP contribution >= 0.6 is 0 Å². The van der Waals surface area contributed by atoms with Crippen LogP contribution in [0.25, 0.3) is 0 Å². The molecule has 5 aliphatic rings. The number of amides is 1. The number of piperidine rings is 1. The lowest BCUT2D eigenvalue weighted by atomic mass is 9.45. The first kappa shape index (κ1) is 21.2. The van der Waals surface area contributed by atoms with E-state index in [1.54, 1.807) is 0 Å². The van der Waals surface area contributed by atoms with E-state index in [1.165, 1.54) is 12.8 Å². The molecule has 5 heteroatoms. The van der Waals surface area contributed by atoms with Gasteiger partial charge in [0.25, 0.3) is 5.91 Å². The number of nitrogens with zero attached hydrogens (tertiary/aromatic N) is 1. The highest BCUT2D eigenvalue weighted by atomic mass is 19.1. The summed E-state index contributed by atoms with van der Waals surface area (Å²) in [5, 5.41) is 10.1. The van der Waals surface area contributed by atoms with E-state index in [0.29, 0.717) is 43.1 Å². The zero-order valence-corrected chi connectivity index (χ0v) is 18.8. The van der Waals surface area contributed by atoms with Gasteiger partial charge in [0.05, 0.1) is 6.10 Å². The number of fused-ring (bicyclic) bond motifs is 5. The molecule has 2 saturated heterocycles. The number of hydrogen-bond donors (Lipinski definition) is 1. The fraction of sp³-hybridized carbons (Fsp3) is 0.960. The summed E-state index contributed by atoms with van der Waals surface area (Å²) in [5.41, 5.74) is -0.0779. The third-order valence-corrected chi connectivity index (χ3v) is 10.2. The van der Waals surface area contributed by atoms with E-state index in [4.69, 9.17) is 4.74 Å². The molecule has 1 N–H and O–H groups in total. The Morgan fingerprint density at radius 3 is 2.67 bits per heavy atom. The zero-order valence-electron chi connectivity index (χ0n) is 18.8. The average molecular weight is 422 g/mol. The lowest BCUT2D eigenvalue weighted by Crippen LogP contribution is -2.66. The Balaban J connectivity index is 1.39. The van der Waals surface area contributed by atoms with Gasteiger partial charge < -0.3 is 14.7 Å². The molecule has 6 unspecified atom stereocenters. The molecule has 0 aromatic rings. The van der Waals surface area contributed by atoms with E-state index in [2.05, 4.69) is 18.7 Å². The van der Waals surface area contributed by atoms with Crippen molar-refractivity contribution in [3.05, 3.63) is 0 Å². The van der Waals surface area contributed by atoms with Gasteiger partial charge in [-0.25, -0.2) is 4.39 Å². The summed E-state index contributed by atoms with van der Waals surface area (Å²) < 4.78 is 20.5. The standard InChI is InChI=1S/C25H40FNO3/c1-24-15-20(26)21(28)14-16(24)8-9-17-18(24)10-11-25(2)19(17)6-5-12-27(25)23(29)22-7-3-4-13-30-22/h16-22,28H,3-15H2,1-2H3/t16?,17?,18?,19-,20-,21?,22+,24?,25?/m0/s1. The molecule has 0 bridgehead atoms. The number of hydrogen-bond acceptors (Lipinski definition) is 3. The van der Waals surface area contributed by atoms with Crippen LogP contribution in [0.1, 0.15) is 84.5 Å². The molecule has 5 rings (SSSR count). The summed E-state index contributed by atoms with van der Waals surface area (Å²) >= 11 is 0. The molecule has 2 aliphatic heterocycles.